The number of hydrogen-bond donors (Lipinski definition) is 0. The number of piperazine rings is 1. The van der Waals surface area contributed by atoms with Crippen LogP contribution < -0.4 is 4.90 Å². The van der Waals surface area contributed by atoms with E-state index in [0.717, 1.165) is 17.9 Å². The van der Waals surface area contributed by atoms with Gasteiger partial charge >= 0.3 is 0 Å². The summed E-state index contributed by atoms with van der Waals surface area (Å²) < 4.78 is 0. The van der Waals surface area contributed by atoms with Crippen LogP contribution >= 0.6 is 0 Å². The van der Waals surface area contributed by atoms with Crippen LogP contribution in [0.3, 0.4) is 0 Å². The van der Waals surface area contributed by atoms with Crippen LogP contribution in [0.1, 0.15) is 31.2 Å². The molecule has 0 amide bonds. The summed E-state index contributed by atoms with van der Waals surface area (Å²) in [7, 11) is 0. The van der Waals surface area contributed by atoms with Gasteiger partial charge in [-0.2, -0.15) is 0 Å². The largest absolute Gasteiger partial charge is 0.369 e. The fourth-order valence-electron chi connectivity index (χ4n) is 4.73. The molecule has 20 heavy (non-hydrogen) atoms. The molecule has 0 spiro atoms. The first kappa shape index (κ1) is 12.7. The van der Waals surface area contributed by atoms with Gasteiger partial charge in [-0.15, -0.1) is 0 Å². The molecule has 2 bridgehead atoms. The Morgan fingerprint density at radius 1 is 0.900 bits per heavy atom. The third-order valence-electron chi connectivity index (χ3n) is 5.88. The smallest absolute Gasteiger partial charge is 0.0367 e. The summed E-state index contributed by atoms with van der Waals surface area (Å²) in [6.07, 6.45) is 6.05. The van der Waals surface area contributed by atoms with E-state index in [-0.39, 0.29) is 0 Å². The van der Waals surface area contributed by atoms with Gasteiger partial charge in [-0.05, 0) is 50.2 Å². The molecule has 108 valence electrons. The van der Waals surface area contributed by atoms with Crippen molar-refractivity contribution in [2.24, 2.45) is 11.8 Å². The van der Waals surface area contributed by atoms with Crippen LogP contribution in [0, 0.1) is 18.8 Å². The first-order valence-electron chi connectivity index (χ1n) is 8.35. The quantitative estimate of drug-likeness (QED) is 0.813. The van der Waals surface area contributed by atoms with Crippen molar-refractivity contribution < 1.29 is 0 Å². The van der Waals surface area contributed by atoms with E-state index in [0.29, 0.717) is 0 Å². The van der Waals surface area contributed by atoms with Gasteiger partial charge in [0.15, 0.2) is 0 Å². The zero-order valence-corrected chi connectivity index (χ0v) is 12.6. The van der Waals surface area contributed by atoms with E-state index < -0.39 is 0 Å². The topological polar surface area (TPSA) is 6.48 Å². The summed E-state index contributed by atoms with van der Waals surface area (Å²) in [6.45, 7) is 7.11. The summed E-state index contributed by atoms with van der Waals surface area (Å²) in [5.41, 5.74) is 2.76. The van der Waals surface area contributed by atoms with Gasteiger partial charge in [0.25, 0.3) is 0 Å². The summed E-state index contributed by atoms with van der Waals surface area (Å²) in [5.74, 6) is 2.10. The van der Waals surface area contributed by atoms with E-state index in [1.165, 1.54) is 63.1 Å². The van der Waals surface area contributed by atoms with Gasteiger partial charge in [-0.1, -0.05) is 24.1 Å². The van der Waals surface area contributed by atoms with E-state index >= 15 is 0 Å². The molecule has 2 aliphatic carbocycles. The molecule has 0 radical (unpaired) electrons. The maximum Gasteiger partial charge on any atom is 0.0367 e. The molecule has 3 atom stereocenters. The first-order valence-corrected chi connectivity index (χ1v) is 8.35. The van der Waals surface area contributed by atoms with Crippen LogP contribution in [-0.2, 0) is 0 Å². The molecule has 1 heterocycles. The predicted octanol–water partition coefficient (Wildman–Crippen LogP) is 3.31. The summed E-state index contributed by atoms with van der Waals surface area (Å²) in [5, 5.41) is 0. The molecule has 2 saturated carbocycles. The molecule has 0 N–H and O–H groups in total. The summed E-state index contributed by atoms with van der Waals surface area (Å²) >= 11 is 0. The Labute approximate surface area is 122 Å². The normalized spacial score (nSPS) is 33.9. The minimum atomic E-state index is 0.925. The van der Waals surface area contributed by atoms with Crippen molar-refractivity contribution in [3.8, 4) is 0 Å². The van der Waals surface area contributed by atoms with Crippen LogP contribution in [0.4, 0.5) is 5.69 Å². The van der Waals surface area contributed by atoms with Crippen molar-refractivity contribution in [2.75, 3.05) is 31.1 Å². The highest BCUT2D eigenvalue weighted by atomic mass is 15.3. The van der Waals surface area contributed by atoms with E-state index in [1.807, 2.05) is 0 Å². The van der Waals surface area contributed by atoms with Gasteiger partial charge in [-0.25, -0.2) is 0 Å². The lowest BCUT2D eigenvalue weighted by atomic mass is 9.93. The third-order valence-corrected chi connectivity index (χ3v) is 5.88. The first-order chi connectivity index (χ1) is 9.79. The van der Waals surface area contributed by atoms with Gasteiger partial charge in [0.2, 0.25) is 0 Å². The van der Waals surface area contributed by atoms with E-state index in [1.54, 1.807) is 0 Å². The minimum absolute atomic E-state index is 0.925. The lowest BCUT2D eigenvalue weighted by Crippen LogP contribution is -2.51. The van der Waals surface area contributed by atoms with E-state index in [2.05, 4.69) is 41.0 Å². The highest BCUT2D eigenvalue weighted by Crippen LogP contribution is 2.46. The molecule has 2 heteroatoms. The Balaban J connectivity index is 1.37. The number of benzene rings is 1. The lowest BCUT2D eigenvalue weighted by molar-refractivity contribution is 0.135. The van der Waals surface area contributed by atoms with Crippen molar-refractivity contribution in [1.82, 2.24) is 4.90 Å². The van der Waals surface area contributed by atoms with Gasteiger partial charge in [-0.3, -0.25) is 4.90 Å². The van der Waals surface area contributed by atoms with Gasteiger partial charge in [0.1, 0.15) is 0 Å². The lowest BCUT2D eigenvalue weighted by Gasteiger charge is -2.41. The molecule has 2 nitrogen and oxygen atoms in total. The van der Waals surface area contributed by atoms with Gasteiger partial charge < -0.3 is 4.90 Å². The van der Waals surface area contributed by atoms with Crippen LogP contribution in [0.2, 0.25) is 0 Å². The molecule has 1 aromatic carbocycles. The van der Waals surface area contributed by atoms with Crippen LogP contribution in [0.15, 0.2) is 24.3 Å². The average Bonchev–Trinajstić information content (AvgIpc) is 3.11. The zero-order valence-electron chi connectivity index (χ0n) is 12.6. The molecule has 0 aromatic heterocycles. The Morgan fingerprint density at radius 3 is 2.25 bits per heavy atom. The van der Waals surface area contributed by atoms with E-state index in [4.69, 9.17) is 0 Å². The van der Waals surface area contributed by atoms with Crippen molar-refractivity contribution in [2.45, 2.75) is 38.6 Å². The van der Waals surface area contributed by atoms with Crippen LogP contribution in [0.5, 0.6) is 0 Å². The van der Waals surface area contributed by atoms with Crippen molar-refractivity contribution >= 4 is 5.69 Å². The number of nitrogens with zero attached hydrogens (tertiary/aromatic N) is 2. The summed E-state index contributed by atoms with van der Waals surface area (Å²) in [6, 6.07) is 9.95. The fourth-order valence-corrected chi connectivity index (χ4v) is 4.73. The predicted molar refractivity (Wildman–Crippen MR) is 84.2 cm³/mol. The number of fused-ring (bicyclic) bond motifs is 2. The second-order valence-corrected chi connectivity index (χ2v) is 7.10. The molecule has 1 aromatic rings. The fraction of sp³-hybridized carbons (Fsp3) is 0.667. The third kappa shape index (κ3) is 2.24. The standard InChI is InChI=1S/C18H26N2/c1-14-2-6-17(7-3-14)19-8-10-20(11-9-19)18-13-15-4-5-16(18)12-15/h2-3,6-7,15-16,18H,4-5,8-13H2,1H3/t15-,16-,18+/m0/s1. The van der Waals surface area contributed by atoms with Crippen molar-refractivity contribution in [3.63, 3.8) is 0 Å². The van der Waals surface area contributed by atoms with Gasteiger partial charge in [0, 0.05) is 37.9 Å². The molecule has 0 unspecified atom stereocenters. The molecular weight excluding hydrogens is 244 g/mol. The maximum atomic E-state index is 2.80. The van der Waals surface area contributed by atoms with Crippen LogP contribution in [-0.4, -0.2) is 37.1 Å². The van der Waals surface area contributed by atoms with Gasteiger partial charge in [0.05, 0.1) is 0 Å². The Kier molecular flexibility index (Phi) is 3.22. The molecule has 3 fully saturated rings. The number of rotatable bonds is 2. The Morgan fingerprint density at radius 2 is 1.65 bits per heavy atom. The highest BCUT2D eigenvalue weighted by molar-refractivity contribution is 5.47. The Hall–Kier alpha value is -1.02. The number of hydrogen-bond acceptors (Lipinski definition) is 2. The number of aryl methyl sites for hydroxylation is 1. The second-order valence-electron chi connectivity index (χ2n) is 7.10. The SMILES string of the molecule is Cc1ccc(N2CCN([C@@H]3C[C@H]4CC[C@H]3C4)CC2)cc1. The molecule has 3 aliphatic rings. The zero-order chi connectivity index (χ0) is 13.5. The monoisotopic (exact) mass is 270 g/mol. The molecule has 1 aliphatic heterocycles. The van der Waals surface area contributed by atoms with E-state index in [9.17, 15) is 0 Å². The van der Waals surface area contributed by atoms with Crippen molar-refractivity contribution in [3.05, 3.63) is 29.8 Å². The average molecular weight is 270 g/mol. The Bertz CT molecular complexity index is 459. The number of anilines is 1. The van der Waals surface area contributed by atoms with Crippen molar-refractivity contribution in [1.29, 1.82) is 0 Å². The van der Waals surface area contributed by atoms with Crippen LogP contribution in [0.25, 0.3) is 0 Å². The maximum absolute atomic E-state index is 2.80. The summed E-state index contributed by atoms with van der Waals surface area (Å²) in [4.78, 5) is 5.36. The molecule has 1 saturated heterocycles. The minimum Gasteiger partial charge on any atom is -0.369 e. The molecule has 4 rings (SSSR count). The molecular formula is C18H26N2. The highest BCUT2D eigenvalue weighted by Gasteiger charge is 2.42. The second kappa shape index (κ2) is 5.07.